The van der Waals surface area contributed by atoms with Gasteiger partial charge in [0.05, 0.1) is 15.6 Å². The molecule has 2 N–H and O–H groups in total. The Hall–Kier alpha value is -2.97. The molecule has 1 aromatic heterocycles. The van der Waals surface area contributed by atoms with E-state index in [-0.39, 0.29) is 5.82 Å². The van der Waals surface area contributed by atoms with Crippen LogP contribution in [0.15, 0.2) is 68.2 Å². The number of amidine groups is 2. The molecule has 1 aliphatic heterocycles. The summed E-state index contributed by atoms with van der Waals surface area (Å²) in [6.07, 6.45) is 5.03. The average Bonchev–Trinajstić information content (AvgIpc) is 2.74. The molecule has 0 fully saturated rings. The minimum Gasteiger partial charge on any atom is -0.325 e. The highest BCUT2D eigenvalue weighted by Crippen LogP contribution is 2.30. The van der Waals surface area contributed by atoms with E-state index in [0.29, 0.717) is 33.5 Å². The molecule has 0 saturated carbocycles. The third-order valence-electron chi connectivity index (χ3n) is 4.24. The lowest BCUT2D eigenvalue weighted by atomic mass is 9.97. The minimum atomic E-state index is -0.379. The summed E-state index contributed by atoms with van der Waals surface area (Å²) in [6, 6.07) is 6.52. The van der Waals surface area contributed by atoms with Gasteiger partial charge in [-0.3, -0.25) is 20.0 Å². The summed E-state index contributed by atoms with van der Waals surface area (Å²) >= 11 is 7.34. The van der Waals surface area contributed by atoms with Gasteiger partial charge in [0, 0.05) is 43.3 Å². The largest absolute Gasteiger partial charge is 0.325 e. The summed E-state index contributed by atoms with van der Waals surface area (Å²) < 4.78 is 17.6. The lowest BCUT2D eigenvalue weighted by Gasteiger charge is -2.21. The zero-order valence-corrected chi connectivity index (χ0v) is 18.3. The molecule has 154 valence electrons. The predicted octanol–water partition coefficient (Wildman–Crippen LogP) is 4.93. The maximum atomic E-state index is 14.4. The second-order valence-electron chi connectivity index (χ2n) is 6.26. The van der Waals surface area contributed by atoms with Crippen LogP contribution in [-0.2, 0) is 0 Å². The fourth-order valence-electron chi connectivity index (χ4n) is 2.83. The number of hydrogen-bond acceptors (Lipinski definition) is 6. The van der Waals surface area contributed by atoms with E-state index in [0.717, 1.165) is 16.2 Å². The Morgan fingerprint density at radius 3 is 2.67 bits per heavy atom. The first kappa shape index (κ1) is 21.7. The lowest BCUT2D eigenvalue weighted by Crippen LogP contribution is -2.36. The van der Waals surface area contributed by atoms with Crippen molar-refractivity contribution in [3.8, 4) is 0 Å². The maximum Gasteiger partial charge on any atom is 0.135 e. The van der Waals surface area contributed by atoms with Crippen molar-refractivity contribution in [1.82, 2.24) is 10.3 Å². The second-order valence-corrected chi connectivity index (χ2v) is 7.55. The van der Waals surface area contributed by atoms with Gasteiger partial charge < -0.3 is 10.0 Å². The number of benzene rings is 1. The van der Waals surface area contributed by atoms with Gasteiger partial charge in [0.1, 0.15) is 17.5 Å². The SMILES string of the molecule is C=N/C=C1/C=C(c2cc(F)cc(NSc3cc(Cl)cnc3C)c2)C(=NC)NC1=NC. The van der Waals surface area contributed by atoms with Gasteiger partial charge in [-0.2, -0.15) is 0 Å². The number of aryl methyl sites for hydroxylation is 1. The van der Waals surface area contributed by atoms with E-state index in [1.165, 1.54) is 24.1 Å². The fraction of sp³-hybridized carbons (Fsp3) is 0.143. The summed E-state index contributed by atoms with van der Waals surface area (Å²) in [5.41, 5.74) is 3.51. The second kappa shape index (κ2) is 9.69. The van der Waals surface area contributed by atoms with Gasteiger partial charge >= 0.3 is 0 Å². The van der Waals surface area contributed by atoms with Crippen molar-refractivity contribution < 1.29 is 4.39 Å². The highest BCUT2D eigenvalue weighted by molar-refractivity contribution is 8.00. The third kappa shape index (κ3) is 4.95. The molecule has 0 amide bonds. The van der Waals surface area contributed by atoms with Crippen molar-refractivity contribution in [2.45, 2.75) is 11.8 Å². The molecule has 2 aromatic rings. The van der Waals surface area contributed by atoms with Gasteiger partial charge in [0.2, 0.25) is 0 Å². The van der Waals surface area contributed by atoms with Crippen LogP contribution >= 0.6 is 23.5 Å². The molecule has 0 radical (unpaired) electrons. The van der Waals surface area contributed by atoms with Crippen LogP contribution in [0, 0.1) is 12.7 Å². The molecular weight excluding hydrogens is 423 g/mol. The van der Waals surface area contributed by atoms with Crippen LogP contribution in [0.5, 0.6) is 0 Å². The number of pyridine rings is 1. The van der Waals surface area contributed by atoms with Crippen LogP contribution in [-0.4, -0.2) is 37.5 Å². The van der Waals surface area contributed by atoms with Crippen LogP contribution in [0.4, 0.5) is 10.1 Å². The molecule has 9 heteroatoms. The van der Waals surface area contributed by atoms with Crippen LogP contribution in [0.1, 0.15) is 11.3 Å². The third-order valence-corrected chi connectivity index (χ3v) is 5.42. The van der Waals surface area contributed by atoms with Crippen molar-refractivity contribution in [2.75, 3.05) is 18.8 Å². The van der Waals surface area contributed by atoms with Gasteiger partial charge in [-0.1, -0.05) is 11.6 Å². The van der Waals surface area contributed by atoms with Gasteiger partial charge in [-0.05, 0) is 61.5 Å². The van der Waals surface area contributed by atoms with Crippen molar-refractivity contribution in [3.63, 3.8) is 0 Å². The summed E-state index contributed by atoms with van der Waals surface area (Å²) in [5, 5.41) is 3.69. The highest BCUT2D eigenvalue weighted by atomic mass is 35.5. The van der Waals surface area contributed by atoms with E-state index in [1.54, 1.807) is 26.5 Å². The van der Waals surface area contributed by atoms with Crippen LogP contribution in [0.25, 0.3) is 5.57 Å². The van der Waals surface area contributed by atoms with Crippen LogP contribution in [0.2, 0.25) is 5.02 Å². The smallest absolute Gasteiger partial charge is 0.135 e. The average molecular weight is 443 g/mol. The topological polar surface area (TPSA) is 74.0 Å². The van der Waals surface area contributed by atoms with Crippen molar-refractivity contribution >= 4 is 53.2 Å². The summed E-state index contributed by atoms with van der Waals surface area (Å²) in [4.78, 5) is 17.4. The first-order chi connectivity index (χ1) is 14.4. The summed E-state index contributed by atoms with van der Waals surface area (Å²) in [6.45, 7) is 5.38. The van der Waals surface area contributed by atoms with Crippen molar-refractivity contribution in [2.24, 2.45) is 15.0 Å². The Morgan fingerprint density at radius 1 is 1.20 bits per heavy atom. The molecule has 3 rings (SSSR count). The Balaban J connectivity index is 1.96. The number of anilines is 1. The molecule has 0 bridgehead atoms. The molecule has 0 spiro atoms. The molecule has 6 nitrogen and oxygen atoms in total. The first-order valence-corrected chi connectivity index (χ1v) is 10.1. The Bertz CT molecular complexity index is 1110. The molecule has 0 saturated heterocycles. The normalized spacial score (nSPS) is 17.8. The van der Waals surface area contributed by atoms with E-state index >= 15 is 0 Å². The number of nitrogens with zero attached hydrogens (tertiary/aromatic N) is 4. The number of aliphatic imine (C=N–C) groups is 3. The Labute approximate surface area is 183 Å². The van der Waals surface area contributed by atoms with Gasteiger partial charge in [-0.25, -0.2) is 4.39 Å². The molecular formula is C21H20ClFN6S. The molecule has 1 aromatic carbocycles. The fourth-order valence-corrected chi connectivity index (χ4v) is 3.79. The first-order valence-electron chi connectivity index (χ1n) is 8.90. The van der Waals surface area contributed by atoms with Crippen LogP contribution < -0.4 is 10.0 Å². The van der Waals surface area contributed by atoms with Gasteiger partial charge in [0.15, 0.2) is 0 Å². The molecule has 0 aliphatic carbocycles. The lowest BCUT2D eigenvalue weighted by molar-refractivity contribution is 0.628. The zero-order chi connectivity index (χ0) is 21.7. The minimum absolute atomic E-state index is 0.379. The predicted molar refractivity (Wildman–Crippen MR) is 125 cm³/mol. The molecule has 30 heavy (non-hydrogen) atoms. The standard InChI is InChI=1S/C21H20ClFN6S/c1-12-19(8-15(22)11-27-12)30-29-17-6-13(5-16(23)9-17)18-7-14(10-24-2)20(25-3)28-21(18)26-4/h5-11,29H,2H2,1,3-4H3,(H,25,26,28)/b14-10-. The van der Waals surface area contributed by atoms with Gasteiger partial charge in [0.25, 0.3) is 0 Å². The van der Waals surface area contributed by atoms with E-state index in [2.05, 4.69) is 36.7 Å². The van der Waals surface area contributed by atoms with Crippen molar-refractivity contribution in [3.05, 3.63) is 70.4 Å². The number of aromatic nitrogens is 1. The molecule has 2 heterocycles. The molecule has 1 aliphatic rings. The van der Waals surface area contributed by atoms with Gasteiger partial charge in [-0.15, -0.1) is 0 Å². The summed E-state index contributed by atoms with van der Waals surface area (Å²) in [5.74, 6) is 0.812. The van der Waals surface area contributed by atoms with E-state index in [4.69, 9.17) is 11.6 Å². The Morgan fingerprint density at radius 2 is 1.97 bits per heavy atom. The number of hydrogen-bond donors (Lipinski definition) is 2. The van der Waals surface area contributed by atoms with E-state index < -0.39 is 0 Å². The summed E-state index contributed by atoms with van der Waals surface area (Å²) in [7, 11) is 3.33. The Kier molecular flexibility index (Phi) is 7.02. The van der Waals surface area contributed by atoms with Crippen LogP contribution in [0.3, 0.4) is 0 Å². The number of nitrogens with one attached hydrogen (secondary N) is 2. The van der Waals surface area contributed by atoms with E-state index in [1.807, 2.05) is 25.1 Å². The van der Waals surface area contributed by atoms with Crippen molar-refractivity contribution in [1.29, 1.82) is 0 Å². The number of halogens is 2. The van der Waals surface area contributed by atoms with E-state index in [9.17, 15) is 4.39 Å². The number of rotatable bonds is 5. The highest BCUT2D eigenvalue weighted by Gasteiger charge is 2.21. The quantitative estimate of drug-likeness (QED) is 0.508. The zero-order valence-electron chi connectivity index (χ0n) is 16.7. The molecule has 0 atom stereocenters. The molecule has 0 unspecified atom stereocenters. The monoisotopic (exact) mass is 442 g/mol. The maximum absolute atomic E-state index is 14.4.